The predicted octanol–water partition coefficient (Wildman–Crippen LogP) is 2.49. The molecule has 0 atom stereocenters. The minimum atomic E-state index is 1.11. The fourth-order valence-electron chi connectivity index (χ4n) is 1.39. The Hall–Kier alpha value is 0.217. The Morgan fingerprint density at radius 1 is 1.12 bits per heavy atom. The molecule has 1 aliphatic carbocycles. The van der Waals surface area contributed by atoms with E-state index in [1.54, 1.807) is 0 Å². The topological polar surface area (TPSA) is 0 Å². The highest BCUT2D eigenvalue weighted by Gasteiger charge is 2.10. The Bertz CT molecular complexity index is 55.4. The molecule has 0 saturated heterocycles. The van der Waals surface area contributed by atoms with E-state index in [9.17, 15) is 0 Å². The summed E-state index contributed by atoms with van der Waals surface area (Å²) in [6.07, 6.45) is 7.56. The second-order valence-electron chi connectivity index (χ2n) is 2.62. The Balaban J connectivity index is 2.13. The average Bonchev–Trinajstić information content (AvgIpc) is 1.90. The highest BCUT2D eigenvalue weighted by atomic mass is 28.2. The molecule has 0 nitrogen and oxygen atoms in total. The molecular formula is C7H14Si. The van der Waals surface area contributed by atoms with Gasteiger partial charge in [-0.05, 0) is 5.54 Å². The summed E-state index contributed by atoms with van der Waals surface area (Å²) >= 11 is 0. The molecule has 1 saturated carbocycles. The lowest BCUT2D eigenvalue weighted by atomic mass is 10.0. The Morgan fingerprint density at radius 3 is 2.12 bits per heavy atom. The van der Waals surface area contributed by atoms with Crippen molar-refractivity contribution in [2.24, 2.45) is 0 Å². The van der Waals surface area contributed by atoms with E-state index >= 15 is 0 Å². The summed E-state index contributed by atoms with van der Waals surface area (Å²) in [5.74, 6) is 0. The van der Waals surface area contributed by atoms with Crippen molar-refractivity contribution in [1.29, 1.82) is 0 Å². The van der Waals surface area contributed by atoms with Crippen LogP contribution in [0.1, 0.15) is 32.1 Å². The first-order valence-electron chi connectivity index (χ1n) is 3.61. The van der Waals surface area contributed by atoms with Gasteiger partial charge < -0.3 is 0 Å². The van der Waals surface area contributed by atoms with E-state index in [0.29, 0.717) is 0 Å². The van der Waals surface area contributed by atoms with Crippen LogP contribution in [0.25, 0.3) is 0 Å². The fourth-order valence-corrected chi connectivity index (χ4v) is 2.38. The average molecular weight is 126 g/mol. The molecule has 2 radical (unpaired) electrons. The van der Waals surface area contributed by atoms with Crippen LogP contribution in [-0.2, 0) is 0 Å². The van der Waals surface area contributed by atoms with E-state index < -0.39 is 0 Å². The molecule has 0 aromatic carbocycles. The van der Waals surface area contributed by atoms with Crippen molar-refractivity contribution in [3.63, 3.8) is 0 Å². The molecule has 0 aromatic rings. The Kier molecular flexibility index (Phi) is 2.60. The van der Waals surface area contributed by atoms with Gasteiger partial charge in [-0.1, -0.05) is 38.7 Å². The van der Waals surface area contributed by atoms with E-state index in [1.165, 1.54) is 41.6 Å². The quantitative estimate of drug-likeness (QED) is 0.473. The van der Waals surface area contributed by atoms with Crippen molar-refractivity contribution in [3.8, 4) is 0 Å². The lowest BCUT2D eigenvalue weighted by Gasteiger charge is -2.18. The highest BCUT2D eigenvalue weighted by molar-refractivity contribution is 6.35. The first kappa shape index (κ1) is 6.34. The zero-order valence-electron chi connectivity index (χ0n) is 5.61. The molecule has 0 bridgehead atoms. The van der Waals surface area contributed by atoms with E-state index in [1.807, 2.05) is 0 Å². The minimum absolute atomic E-state index is 1.11. The minimum Gasteiger partial charge on any atom is -0.0731 e. The smallest absolute Gasteiger partial charge is 0.0378 e. The molecule has 0 N–H and O–H groups in total. The van der Waals surface area contributed by atoms with Gasteiger partial charge in [-0.15, -0.1) is 0 Å². The third-order valence-electron chi connectivity index (χ3n) is 2.01. The second-order valence-corrected chi connectivity index (χ2v) is 4.02. The maximum absolute atomic E-state index is 2.34. The van der Waals surface area contributed by atoms with Gasteiger partial charge in [0.2, 0.25) is 0 Å². The Labute approximate surface area is 54.5 Å². The molecule has 1 aliphatic rings. The van der Waals surface area contributed by atoms with Crippen LogP contribution in [0.4, 0.5) is 0 Å². The molecule has 0 amide bonds. The summed E-state index contributed by atoms with van der Waals surface area (Å²) in [6.45, 7) is 2.34. The Morgan fingerprint density at radius 2 is 1.75 bits per heavy atom. The van der Waals surface area contributed by atoms with Crippen molar-refractivity contribution in [2.75, 3.05) is 0 Å². The van der Waals surface area contributed by atoms with Crippen LogP contribution in [0.15, 0.2) is 0 Å². The summed E-state index contributed by atoms with van der Waals surface area (Å²) < 4.78 is 0. The maximum Gasteiger partial charge on any atom is 0.0378 e. The van der Waals surface area contributed by atoms with E-state index in [4.69, 9.17) is 0 Å². The summed E-state index contributed by atoms with van der Waals surface area (Å²) in [5, 5.41) is 0. The van der Waals surface area contributed by atoms with Crippen LogP contribution in [0, 0.1) is 0 Å². The van der Waals surface area contributed by atoms with Crippen molar-refractivity contribution in [2.45, 2.75) is 44.2 Å². The molecule has 1 heteroatoms. The maximum atomic E-state index is 2.34. The van der Waals surface area contributed by atoms with Crippen LogP contribution < -0.4 is 0 Å². The zero-order valence-corrected chi connectivity index (χ0v) is 6.61. The second kappa shape index (κ2) is 3.28. The fraction of sp³-hybridized carbons (Fsp3) is 1.00. The van der Waals surface area contributed by atoms with Gasteiger partial charge in [0, 0.05) is 9.52 Å². The summed E-state index contributed by atoms with van der Waals surface area (Å²) in [5.41, 5.74) is 1.11. The van der Waals surface area contributed by atoms with Crippen LogP contribution in [-0.4, -0.2) is 9.52 Å². The first-order chi connectivity index (χ1) is 3.93. The van der Waals surface area contributed by atoms with Crippen molar-refractivity contribution < 1.29 is 0 Å². The molecule has 0 aromatic heterocycles. The summed E-state index contributed by atoms with van der Waals surface area (Å²) in [6, 6.07) is 0. The molecule has 46 valence electrons. The van der Waals surface area contributed by atoms with Gasteiger partial charge in [0.1, 0.15) is 0 Å². The van der Waals surface area contributed by atoms with Gasteiger partial charge in [-0.2, -0.15) is 0 Å². The molecule has 1 fully saturated rings. The number of hydrogen-bond donors (Lipinski definition) is 0. The number of rotatable bonds is 1. The zero-order chi connectivity index (χ0) is 5.82. The third kappa shape index (κ3) is 1.62. The molecule has 0 heterocycles. The largest absolute Gasteiger partial charge is 0.0731 e. The number of hydrogen-bond acceptors (Lipinski definition) is 0. The van der Waals surface area contributed by atoms with Gasteiger partial charge in [-0.25, -0.2) is 0 Å². The van der Waals surface area contributed by atoms with Crippen LogP contribution in [0.2, 0.25) is 12.1 Å². The van der Waals surface area contributed by atoms with Gasteiger partial charge in [0.25, 0.3) is 0 Å². The predicted molar refractivity (Wildman–Crippen MR) is 38.5 cm³/mol. The molecule has 0 unspecified atom stereocenters. The first-order valence-corrected chi connectivity index (χ1v) is 5.18. The standard InChI is InChI=1S/C7H14Si/c1-8-7-5-3-2-4-6-7/h7H,2-6H2,1H3. The van der Waals surface area contributed by atoms with E-state index in [2.05, 4.69) is 6.55 Å². The van der Waals surface area contributed by atoms with Gasteiger partial charge in [-0.3, -0.25) is 0 Å². The van der Waals surface area contributed by atoms with Crippen molar-refractivity contribution >= 4 is 9.52 Å². The van der Waals surface area contributed by atoms with Crippen molar-refractivity contribution in [1.82, 2.24) is 0 Å². The molecule has 0 aliphatic heterocycles. The highest BCUT2D eigenvalue weighted by Crippen LogP contribution is 2.27. The van der Waals surface area contributed by atoms with Crippen LogP contribution >= 0.6 is 0 Å². The van der Waals surface area contributed by atoms with Gasteiger partial charge in [0.05, 0.1) is 0 Å². The molecule has 8 heavy (non-hydrogen) atoms. The summed E-state index contributed by atoms with van der Waals surface area (Å²) in [4.78, 5) is 0. The van der Waals surface area contributed by atoms with E-state index in [-0.39, 0.29) is 0 Å². The third-order valence-corrected chi connectivity index (χ3v) is 3.41. The van der Waals surface area contributed by atoms with Crippen LogP contribution in [0.5, 0.6) is 0 Å². The van der Waals surface area contributed by atoms with Gasteiger partial charge >= 0.3 is 0 Å². The molecule has 1 rings (SSSR count). The van der Waals surface area contributed by atoms with Crippen molar-refractivity contribution in [3.05, 3.63) is 0 Å². The monoisotopic (exact) mass is 126 g/mol. The van der Waals surface area contributed by atoms with Crippen LogP contribution in [0.3, 0.4) is 0 Å². The van der Waals surface area contributed by atoms with Gasteiger partial charge in [0.15, 0.2) is 0 Å². The SMILES string of the molecule is C[Si]C1CCCCC1. The molecular weight excluding hydrogens is 112 g/mol. The lowest BCUT2D eigenvalue weighted by Crippen LogP contribution is -2.04. The molecule has 0 spiro atoms. The normalized spacial score (nSPS) is 23.6. The summed E-state index contributed by atoms with van der Waals surface area (Å²) in [7, 11) is 1.21. The van der Waals surface area contributed by atoms with E-state index in [0.717, 1.165) is 5.54 Å². The lowest BCUT2D eigenvalue weighted by molar-refractivity contribution is 0.501.